The number of carbonyl (C=O) groups is 1. The monoisotopic (exact) mass is 148 g/mol. The van der Waals surface area contributed by atoms with Gasteiger partial charge in [-0.2, -0.15) is 0 Å². The summed E-state index contributed by atoms with van der Waals surface area (Å²) < 4.78 is 0. The molecule has 0 bridgehead atoms. The summed E-state index contributed by atoms with van der Waals surface area (Å²) >= 11 is 1.20. The molecule has 9 heavy (non-hydrogen) atoms. The molecule has 0 heterocycles. The molecule has 3 nitrogen and oxygen atoms in total. The summed E-state index contributed by atoms with van der Waals surface area (Å²) in [6, 6.07) is -0.181. The molecule has 0 saturated heterocycles. The van der Waals surface area contributed by atoms with E-state index in [1.165, 1.54) is 11.8 Å². The Morgan fingerprint density at radius 1 is 1.89 bits per heavy atom. The number of nitrogens with one attached hydrogen (secondary N) is 1. The van der Waals surface area contributed by atoms with Crippen LogP contribution in [0.3, 0.4) is 0 Å². The molecule has 0 aromatic carbocycles. The van der Waals surface area contributed by atoms with E-state index in [1.54, 1.807) is 13.3 Å². The average molecular weight is 148 g/mol. The normalized spacial score (nSPS) is 13.2. The molecule has 0 saturated carbocycles. The van der Waals surface area contributed by atoms with Gasteiger partial charge in [0.05, 0.1) is 6.04 Å². The van der Waals surface area contributed by atoms with Gasteiger partial charge in [0.2, 0.25) is 5.12 Å². The molecule has 54 valence electrons. The summed E-state index contributed by atoms with van der Waals surface area (Å²) in [5.74, 6) is 0. The predicted molar refractivity (Wildman–Crippen MR) is 40.4 cm³/mol. The largest absolute Gasteiger partial charge is 0.328 e. The second-order valence-electron chi connectivity index (χ2n) is 1.60. The minimum absolute atomic E-state index is 0.0972. The topological polar surface area (TPSA) is 55.1 Å². The number of nitrogens with two attached hydrogens (primary N) is 1. The van der Waals surface area contributed by atoms with Gasteiger partial charge in [-0.3, -0.25) is 4.79 Å². The van der Waals surface area contributed by atoms with Crippen molar-refractivity contribution >= 4 is 16.9 Å². The van der Waals surface area contributed by atoms with Gasteiger partial charge in [0.25, 0.3) is 0 Å². The lowest BCUT2D eigenvalue weighted by Gasteiger charge is -2.08. The first-order valence-corrected chi connectivity index (χ1v) is 3.94. The highest BCUT2D eigenvalue weighted by atomic mass is 32.2. The van der Waals surface area contributed by atoms with Crippen LogP contribution >= 0.6 is 11.8 Å². The first-order chi connectivity index (χ1) is 4.26. The van der Waals surface area contributed by atoms with E-state index in [2.05, 4.69) is 5.32 Å². The van der Waals surface area contributed by atoms with Crippen LogP contribution in [0, 0.1) is 0 Å². The maximum absolute atomic E-state index is 10.8. The van der Waals surface area contributed by atoms with Gasteiger partial charge in [-0.25, -0.2) is 0 Å². The molecule has 0 spiro atoms. The van der Waals surface area contributed by atoms with Crippen LogP contribution in [0.5, 0.6) is 0 Å². The van der Waals surface area contributed by atoms with E-state index in [9.17, 15) is 4.79 Å². The van der Waals surface area contributed by atoms with E-state index >= 15 is 0 Å². The van der Waals surface area contributed by atoms with Crippen molar-refractivity contribution in [3.63, 3.8) is 0 Å². The minimum Gasteiger partial charge on any atom is -0.328 e. The fourth-order valence-electron chi connectivity index (χ4n) is 0.474. The average Bonchev–Trinajstić information content (AvgIpc) is 1.90. The zero-order valence-electron chi connectivity index (χ0n) is 5.68. The molecule has 1 unspecified atom stereocenters. The van der Waals surface area contributed by atoms with Crippen LogP contribution < -0.4 is 11.1 Å². The van der Waals surface area contributed by atoms with Crippen molar-refractivity contribution in [2.24, 2.45) is 5.73 Å². The fourth-order valence-corrected chi connectivity index (χ4v) is 0.973. The molecule has 0 aliphatic heterocycles. The predicted octanol–water partition coefficient (Wildman–Crippen LogP) is -0.577. The highest BCUT2D eigenvalue weighted by Gasteiger charge is 2.11. The zero-order chi connectivity index (χ0) is 7.28. The molecular weight excluding hydrogens is 136 g/mol. The van der Waals surface area contributed by atoms with Gasteiger partial charge in [0.15, 0.2) is 0 Å². The van der Waals surface area contributed by atoms with Crippen molar-refractivity contribution in [1.82, 2.24) is 5.32 Å². The van der Waals surface area contributed by atoms with Gasteiger partial charge in [0.1, 0.15) is 0 Å². The smallest absolute Gasteiger partial charge is 0.206 e. The lowest BCUT2D eigenvalue weighted by atomic mass is 10.3. The molecule has 0 rings (SSSR count). The summed E-state index contributed by atoms with van der Waals surface area (Å²) in [5, 5.41) is 2.90. The van der Waals surface area contributed by atoms with Gasteiger partial charge >= 0.3 is 0 Å². The third-order valence-electron chi connectivity index (χ3n) is 1.07. The van der Waals surface area contributed by atoms with Gasteiger partial charge in [-0.05, 0) is 13.3 Å². The minimum atomic E-state index is -0.181. The quantitative estimate of drug-likeness (QED) is 0.562. The maximum atomic E-state index is 10.8. The Kier molecular flexibility index (Phi) is 4.75. The Balaban J connectivity index is 3.64. The molecule has 4 heteroatoms. The maximum Gasteiger partial charge on any atom is 0.206 e. The summed E-state index contributed by atoms with van der Waals surface area (Å²) in [5.41, 5.74) is 5.26. The number of hydrogen-bond donors (Lipinski definition) is 2. The molecule has 3 N–H and O–H groups in total. The molecule has 0 radical (unpaired) electrons. The summed E-state index contributed by atoms with van der Waals surface area (Å²) in [6.07, 6.45) is 1.75. The SMILES string of the molecule is CNC(CN)C(=O)SC. The number of rotatable bonds is 3. The Bertz CT molecular complexity index is 93.0. The van der Waals surface area contributed by atoms with E-state index in [4.69, 9.17) is 5.73 Å². The van der Waals surface area contributed by atoms with Crippen molar-refractivity contribution in [3.8, 4) is 0 Å². The van der Waals surface area contributed by atoms with Gasteiger partial charge in [-0.15, -0.1) is 0 Å². The second kappa shape index (κ2) is 4.78. The summed E-state index contributed by atoms with van der Waals surface area (Å²) in [7, 11) is 1.73. The highest BCUT2D eigenvalue weighted by Crippen LogP contribution is 1.97. The van der Waals surface area contributed by atoms with Crippen molar-refractivity contribution < 1.29 is 4.79 Å². The lowest BCUT2D eigenvalue weighted by Crippen LogP contribution is -2.38. The molecule has 0 aliphatic carbocycles. The van der Waals surface area contributed by atoms with E-state index in [0.29, 0.717) is 6.54 Å². The van der Waals surface area contributed by atoms with Crippen LogP contribution in [0.4, 0.5) is 0 Å². The number of carbonyl (C=O) groups excluding carboxylic acids is 1. The Hall–Kier alpha value is -0.0600. The van der Waals surface area contributed by atoms with Crippen LogP contribution in [0.2, 0.25) is 0 Å². The lowest BCUT2D eigenvalue weighted by molar-refractivity contribution is -0.112. The van der Waals surface area contributed by atoms with E-state index < -0.39 is 0 Å². The molecule has 0 aromatic heterocycles. The standard InChI is InChI=1S/C5H12N2OS/c1-7-4(3-6)5(8)9-2/h4,7H,3,6H2,1-2H3. The Morgan fingerprint density at radius 3 is 2.56 bits per heavy atom. The van der Waals surface area contributed by atoms with Crippen molar-refractivity contribution in [1.29, 1.82) is 0 Å². The van der Waals surface area contributed by atoms with Crippen LogP contribution in [0.15, 0.2) is 0 Å². The Morgan fingerprint density at radius 2 is 2.44 bits per heavy atom. The van der Waals surface area contributed by atoms with Crippen LogP contribution in [-0.2, 0) is 4.79 Å². The van der Waals surface area contributed by atoms with E-state index in [0.717, 1.165) is 0 Å². The van der Waals surface area contributed by atoms with Crippen LogP contribution in [0.1, 0.15) is 0 Å². The van der Waals surface area contributed by atoms with Gasteiger partial charge in [0, 0.05) is 6.54 Å². The van der Waals surface area contributed by atoms with E-state index in [1.807, 2.05) is 0 Å². The van der Waals surface area contributed by atoms with Gasteiger partial charge < -0.3 is 11.1 Å². The number of hydrogen-bond acceptors (Lipinski definition) is 4. The summed E-state index contributed by atoms with van der Waals surface area (Å²) in [6.45, 7) is 0.371. The molecule has 1 atom stereocenters. The first kappa shape index (κ1) is 8.94. The number of likely N-dealkylation sites (N-methyl/N-ethyl adjacent to an activating group) is 1. The van der Waals surface area contributed by atoms with Crippen LogP contribution in [0.25, 0.3) is 0 Å². The third-order valence-corrected chi connectivity index (χ3v) is 1.76. The second-order valence-corrected chi connectivity index (χ2v) is 2.41. The third kappa shape index (κ3) is 2.84. The first-order valence-electron chi connectivity index (χ1n) is 2.71. The van der Waals surface area contributed by atoms with Crippen molar-refractivity contribution in [2.45, 2.75) is 6.04 Å². The molecular formula is C5H12N2OS. The molecule has 0 fully saturated rings. The van der Waals surface area contributed by atoms with E-state index in [-0.39, 0.29) is 11.2 Å². The van der Waals surface area contributed by atoms with Crippen molar-refractivity contribution in [2.75, 3.05) is 19.8 Å². The number of thioether (sulfide) groups is 1. The summed E-state index contributed by atoms with van der Waals surface area (Å²) in [4.78, 5) is 10.8. The molecule has 0 aliphatic rings. The zero-order valence-corrected chi connectivity index (χ0v) is 6.49. The van der Waals surface area contributed by atoms with Gasteiger partial charge in [-0.1, -0.05) is 11.8 Å². The Labute approximate surface area is 59.4 Å². The molecule has 0 amide bonds. The molecule has 0 aromatic rings. The fraction of sp³-hybridized carbons (Fsp3) is 0.800. The van der Waals surface area contributed by atoms with Crippen LogP contribution in [-0.4, -0.2) is 31.0 Å². The van der Waals surface area contributed by atoms with Crippen molar-refractivity contribution in [3.05, 3.63) is 0 Å². The highest BCUT2D eigenvalue weighted by molar-refractivity contribution is 8.13.